The summed E-state index contributed by atoms with van der Waals surface area (Å²) in [4.78, 5) is 13.6. The Labute approximate surface area is 357 Å². The third-order valence-electron chi connectivity index (χ3n) is 9.12. The van der Waals surface area contributed by atoms with Gasteiger partial charge in [0.2, 0.25) is 5.95 Å². The molecule has 3 heterocycles. The van der Waals surface area contributed by atoms with Crippen molar-refractivity contribution in [1.82, 2.24) is 24.1 Å². The summed E-state index contributed by atoms with van der Waals surface area (Å²) in [7, 11) is 0. The van der Waals surface area contributed by atoms with E-state index in [2.05, 4.69) is 15.0 Å². The van der Waals surface area contributed by atoms with Crippen LogP contribution in [-0.4, -0.2) is 24.1 Å². The molecule has 11 aromatic rings. The lowest BCUT2D eigenvalue weighted by atomic mass is 10.0. The third kappa shape index (κ3) is 5.21. The van der Waals surface area contributed by atoms with Crippen LogP contribution >= 0.6 is 0 Å². The molecule has 56 heavy (non-hydrogen) atoms. The molecule has 0 saturated carbocycles. The van der Waals surface area contributed by atoms with Gasteiger partial charge in [-0.2, -0.15) is 9.97 Å². The number of para-hydroxylation sites is 2. The van der Waals surface area contributed by atoms with Gasteiger partial charge >= 0.3 is 0 Å². The summed E-state index contributed by atoms with van der Waals surface area (Å²) < 4.78 is 218. The predicted octanol–water partition coefficient (Wildman–Crippen LogP) is 12.7. The van der Waals surface area contributed by atoms with E-state index < -0.39 is 201 Å². The van der Waals surface area contributed by atoms with Crippen LogP contribution in [0.4, 0.5) is 0 Å². The van der Waals surface area contributed by atoms with Crippen molar-refractivity contribution in [2.45, 2.75) is 0 Å². The normalized spacial score (nSPS) is 17.6. The Balaban J connectivity index is 1.37. The molecule has 0 aliphatic rings. The molecule has 0 aliphatic heterocycles. The summed E-state index contributed by atoms with van der Waals surface area (Å²) >= 11 is 0. The monoisotopic (exact) mass is 739 g/mol. The molecule has 0 bridgehead atoms. The summed E-state index contributed by atoms with van der Waals surface area (Å²) in [6.07, 6.45) is 0. The lowest BCUT2D eigenvalue weighted by Crippen LogP contribution is -2.06. The van der Waals surface area contributed by atoms with Crippen molar-refractivity contribution in [3.63, 3.8) is 0 Å². The standard InChI is InChI=1S/C51H33N5/c1-4-14-34(15-5-1)36-24-26-39(27-25-36)50-52-49(38-18-8-3-9-19-38)53-51(54-50)56-44-22-12-10-20-41(44)42-32-33-46-47(48(42)56)43-21-11-13-23-45(43)55(46)40-30-28-37(29-31-40)35-16-6-2-7-17-35/h1-33H/i1D,3D,4D,5D,8D,9D,10D,11D,12D,13D,14D,15D,18D,19D,20D,21D,22D,23D,24D,25D,26D,27D,32D,33D. The van der Waals surface area contributed by atoms with Crippen molar-refractivity contribution >= 4 is 43.6 Å². The minimum Gasteiger partial charge on any atom is -0.309 e. The number of rotatable bonds is 6. The topological polar surface area (TPSA) is 48.5 Å². The minimum absolute atomic E-state index is 0.214. The van der Waals surface area contributed by atoms with E-state index in [-0.39, 0.29) is 33.0 Å². The van der Waals surface area contributed by atoms with Crippen LogP contribution in [0.5, 0.6) is 0 Å². The van der Waals surface area contributed by atoms with Gasteiger partial charge in [-0.05, 0) is 52.5 Å². The molecular weight excluding hydrogens is 683 g/mol. The summed E-state index contributed by atoms with van der Waals surface area (Å²) in [5.41, 5.74) is -2.50. The highest BCUT2D eigenvalue weighted by Gasteiger charge is 2.23. The Hall–Kier alpha value is -7.63. The first-order chi connectivity index (χ1) is 37.8. The van der Waals surface area contributed by atoms with E-state index in [0.717, 1.165) is 15.7 Å². The Bertz CT molecular complexity index is 4550. The maximum Gasteiger partial charge on any atom is 0.238 e. The Morgan fingerprint density at radius 2 is 0.893 bits per heavy atom. The van der Waals surface area contributed by atoms with Gasteiger partial charge in [-0.1, -0.05) is 169 Å². The van der Waals surface area contributed by atoms with Crippen LogP contribution in [0.3, 0.4) is 0 Å². The summed E-state index contributed by atoms with van der Waals surface area (Å²) in [5, 5.41) is -1.35. The second-order valence-electron chi connectivity index (χ2n) is 12.3. The molecule has 0 fully saturated rings. The average molecular weight is 740 g/mol. The van der Waals surface area contributed by atoms with E-state index in [4.69, 9.17) is 19.2 Å². The predicted molar refractivity (Wildman–Crippen MR) is 230 cm³/mol. The molecule has 0 saturated heterocycles. The zero-order chi connectivity index (χ0) is 57.9. The van der Waals surface area contributed by atoms with Gasteiger partial charge in [0.1, 0.15) is 0 Å². The molecule has 11 rings (SSSR count). The zero-order valence-corrected chi connectivity index (χ0v) is 28.4. The minimum atomic E-state index is -0.992. The van der Waals surface area contributed by atoms with Crippen LogP contribution in [-0.2, 0) is 0 Å². The van der Waals surface area contributed by atoms with Crippen LogP contribution in [0, 0.1) is 0 Å². The van der Waals surface area contributed by atoms with E-state index in [0.29, 0.717) is 0 Å². The van der Waals surface area contributed by atoms with Crippen molar-refractivity contribution < 1.29 is 32.9 Å². The first-order valence-electron chi connectivity index (χ1n) is 28.9. The molecule has 262 valence electrons. The molecular formula is C51H33N5. The maximum absolute atomic E-state index is 9.78. The van der Waals surface area contributed by atoms with Gasteiger partial charge in [0, 0.05) is 38.4 Å². The summed E-state index contributed by atoms with van der Waals surface area (Å²) in [6.45, 7) is 0. The molecule has 0 radical (unpaired) electrons. The molecule has 5 nitrogen and oxygen atoms in total. The Morgan fingerprint density at radius 1 is 0.357 bits per heavy atom. The van der Waals surface area contributed by atoms with Gasteiger partial charge in [-0.15, -0.1) is 0 Å². The van der Waals surface area contributed by atoms with E-state index in [1.807, 2.05) is 30.3 Å². The Morgan fingerprint density at radius 3 is 1.59 bits per heavy atom. The van der Waals surface area contributed by atoms with E-state index in [9.17, 15) is 13.7 Å². The van der Waals surface area contributed by atoms with Crippen LogP contribution in [0.25, 0.3) is 100 Å². The lowest BCUT2D eigenvalue weighted by Gasteiger charge is -2.12. The lowest BCUT2D eigenvalue weighted by molar-refractivity contribution is 0.955. The van der Waals surface area contributed by atoms with Gasteiger partial charge in [-0.25, -0.2) is 4.98 Å². The van der Waals surface area contributed by atoms with Crippen LogP contribution in [0.1, 0.15) is 32.9 Å². The molecule has 0 aliphatic carbocycles. The van der Waals surface area contributed by atoms with Gasteiger partial charge in [0.15, 0.2) is 11.6 Å². The molecule has 8 aromatic carbocycles. The van der Waals surface area contributed by atoms with Crippen molar-refractivity contribution in [3.8, 4) is 56.7 Å². The fourth-order valence-electron chi connectivity index (χ4n) is 6.69. The SMILES string of the molecule is [2H]c1c([2H])c([2H])c(-c2nc(-c3c([2H])c([2H])c(-c4c([2H])c([2H])c([2H])c([2H])c4[2H])c([2H])c3[2H])nc(-n3c4c([2H])c([2H])c([2H])c([2H])c4c4c([2H])c([2H])c5c(c6c([2H])c([2H])c([2H])c([2H])c6n5-c5ccc(-c6ccccc6)cc5)c43)n2)c([2H])c1[2H]. The van der Waals surface area contributed by atoms with E-state index >= 15 is 0 Å². The number of aromatic nitrogens is 5. The molecule has 0 amide bonds. The van der Waals surface area contributed by atoms with Crippen molar-refractivity contribution in [3.05, 3.63) is 200 Å². The first kappa shape index (κ1) is 16.0. The van der Waals surface area contributed by atoms with Crippen molar-refractivity contribution in [1.29, 1.82) is 0 Å². The zero-order valence-electron chi connectivity index (χ0n) is 52.4. The number of nitrogens with zero attached hydrogens (tertiary/aromatic N) is 5. The van der Waals surface area contributed by atoms with Crippen molar-refractivity contribution in [2.24, 2.45) is 0 Å². The summed E-state index contributed by atoms with van der Waals surface area (Å²) in [6, 6.07) is -3.88. The Kier molecular flexibility index (Phi) is 3.73. The van der Waals surface area contributed by atoms with Gasteiger partial charge < -0.3 is 4.57 Å². The molecule has 0 N–H and O–H groups in total. The van der Waals surface area contributed by atoms with Crippen molar-refractivity contribution in [2.75, 3.05) is 0 Å². The maximum atomic E-state index is 9.78. The van der Waals surface area contributed by atoms with Gasteiger partial charge in [0.05, 0.1) is 55.0 Å². The van der Waals surface area contributed by atoms with Crippen LogP contribution in [0.15, 0.2) is 200 Å². The highest BCUT2D eigenvalue weighted by Crippen LogP contribution is 2.42. The molecule has 0 unspecified atom stereocenters. The number of benzene rings is 8. The average Bonchev–Trinajstić information content (AvgIpc) is 3.53. The van der Waals surface area contributed by atoms with Gasteiger partial charge in [0.25, 0.3) is 0 Å². The smallest absolute Gasteiger partial charge is 0.238 e. The first-order valence-corrected chi connectivity index (χ1v) is 16.9. The highest BCUT2D eigenvalue weighted by molar-refractivity contribution is 6.26. The fourth-order valence-corrected chi connectivity index (χ4v) is 6.69. The third-order valence-corrected chi connectivity index (χ3v) is 9.12. The number of hydrogen-bond donors (Lipinski definition) is 0. The van der Waals surface area contributed by atoms with E-state index in [1.54, 1.807) is 24.3 Å². The van der Waals surface area contributed by atoms with Crippen LogP contribution < -0.4 is 0 Å². The molecule has 3 aromatic heterocycles. The second kappa shape index (κ2) is 13.0. The molecule has 0 spiro atoms. The quantitative estimate of drug-likeness (QED) is 0.171. The molecule has 0 atom stereocenters. The van der Waals surface area contributed by atoms with E-state index in [1.165, 1.54) is 4.57 Å². The number of fused-ring (bicyclic) bond motifs is 7. The number of hydrogen-bond acceptors (Lipinski definition) is 3. The molecule has 5 heteroatoms. The summed E-state index contributed by atoms with van der Waals surface area (Å²) in [5.74, 6) is -2.47. The van der Waals surface area contributed by atoms with Crippen LogP contribution in [0.2, 0.25) is 0 Å². The largest absolute Gasteiger partial charge is 0.309 e. The fraction of sp³-hybridized carbons (Fsp3) is 0. The second-order valence-corrected chi connectivity index (χ2v) is 12.3. The highest BCUT2D eigenvalue weighted by atomic mass is 15.2. The van der Waals surface area contributed by atoms with Gasteiger partial charge in [-0.3, -0.25) is 4.57 Å².